The van der Waals surface area contributed by atoms with Crippen LogP contribution in [0.5, 0.6) is 0 Å². The number of allylic oxidation sites excluding steroid dienone is 28. The molecule has 0 saturated heterocycles. The van der Waals surface area contributed by atoms with E-state index in [1.807, 2.05) is 21.1 Å². The molecule has 0 radical (unpaired) electrons. The Morgan fingerprint density at radius 2 is 0.659 bits per heavy atom. The fraction of sp³-hybridized carbons (Fsp3) is 0.583. The van der Waals surface area contributed by atoms with Crippen LogP contribution in [0, 0.1) is 0 Å². The smallest absolute Gasteiger partial charge is 0.462 e. The first-order valence-electron chi connectivity index (χ1n) is 31.9. The number of quaternary nitrogens is 1. The summed E-state index contributed by atoms with van der Waals surface area (Å²) in [5.41, 5.74) is 0. The van der Waals surface area contributed by atoms with Crippen LogP contribution in [0.4, 0.5) is 0 Å². The summed E-state index contributed by atoms with van der Waals surface area (Å²) in [6, 6.07) is 0. The number of phosphoric acid groups is 1. The second-order valence-corrected chi connectivity index (χ2v) is 23.1. The summed E-state index contributed by atoms with van der Waals surface area (Å²) < 4.78 is 34.6. The van der Waals surface area contributed by atoms with E-state index in [1.165, 1.54) is 25.7 Å². The van der Waals surface area contributed by atoms with Gasteiger partial charge in [0.25, 0.3) is 0 Å². The van der Waals surface area contributed by atoms with Crippen molar-refractivity contribution < 1.29 is 42.1 Å². The molecule has 0 amide bonds. The summed E-state index contributed by atoms with van der Waals surface area (Å²) in [4.78, 5) is 35.8. The Labute approximate surface area is 502 Å². The van der Waals surface area contributed by atoms with Gasteiger partial charge in [-0.3, -0.25) is 18.6 Å². The van der Waals surface area contributed by atoms with Crippen molar-refractivity contribution in [2.75, 3.05) is 47.5 Å². The number of likely N-dealkylation sites (N-methyl/N-ethyl adjacent to an activating group) is 1. The minimum Gasteiger partial charge on any atom is -0.462 e. The highest BCUT2D eigenvalue weighted by molar-refractivity contribution is 7.47. The van der Waals surface area contributed by atoms with Crippen LogP contribution in [0.25, 0.3) is 0 Å². The Hall–Kier alpha value is -4.63. The highest BCUT2D eigenvalue weighted by Gasteiger charge is 2.27. The lowest BCUT2D eigenvalue weighted by molar-refractivity contribution is -0.870. The third-order valence-corrected chi connectivity index (χ3v) is 13.7. The van der Waals surface area contributed by atoms with Crippen molar-refractivity contribution in [1.29, 1.82) is 0 Å². The van der Waals surface area contributed by atoms with Crippen molar-refractivity contribution >= 4 is 19.8 Å². The third-order valence-electron chi connectivity index (χ3n) is 12.7. The van der Waals surface area contributed by atoms with Crippen LogP contribution < -0.4 is 0 Å². The van der Waals surface area contributed by atoms with Crippen LogP contribution in [0.1, 0.15) is 219 Å². The van der Waals surface area contributed by atoms with E-state index in [0.717, 1.165) is 161 Å². The van der Waals surface area contributed by atoms with Crippen LogP contribution in [0.15, 0.2) is 170 Å². The molecular weight excluding hydrogens is 1040 g/mol. The maximum atomic E-state index is 12.8. The Morgan fingerprint density at radius 3 is 0.976 bits per heavy atom. The summed E-state index contributed by atoms with van der Waals surface area (Å²) in [7, 11) is 1.44. The van der Waals surface area contributed by atoms with Crippen LogP contribution >= 0.6 is 7.82 Å². The molecule has 0 saturated carbocycles. The maximum Gasteiger partial charge on any atom is 0.472 e. The minimum absolute atomic E-state index is 0.0174. The summed E-state index contributed by atoms with van der Waals surface area (Å²) in [5.74, 6) is -0.837. The van der Waals surface area contributed by atoms with Crippen LogP contribution in [-0.4, -0.2) is 74.9 Å². The molecule has 0 fully saturated rings. The monoisotopic (exact) mass is 1150 g/mol. The maximum absolute atomic E-state index is 12.8. The molecule has 2 unspecified atom stereocenters. The van der Waals surface area contributed by atoms with Crippen LogP contribution in [-0.2, 0) is 32.7 Å². The zero-order valence-electron chi connectivity index (χ0n) is 52.4. The van der Waals surface area contributed by atoms with Gasteiger partial charge in [-0.15, -0.1) is 0 Å². The van der Waals surface area contributed by atoms with Gasteiger partial charge in [-0.25, -0.2) is 4.57 Å². The summed E-state index contributed by atoms with van der Waals surface area (Å²) in [6.07, 6.45) is 92.9. The Balaban J connectivity index is 4.21. The molecule has 0 heterocycles. The zero-order chi connectivity index (χ0) is 59.8. The molecule has 0 spiro atoms. The van der Waals surface area contributed by atoms with E-state index in [9.17, 15) is 19.0 Å². The van der Waals surface area contributed by atoms with Crippen molar-refractivity contribution in [2.45, 2.75) is 225 Å². The lowest BCUT2D eigenvalue weighted by Gasteiger charge is -2.24. The molecule has 10 heteroatoms. The molecular formula is C72H117NO8P+. The number of unbranched alkanes of at least 4 members (excludes halogenated alkanes) is 14. The third kappa shape index (κ3) is 64.5. The van der Waals surface area contributed by atoms with Gasteiger partial charge >= 0.3 is 19.8 Å². The molecule has 0 aliphatic carbocycles. The first-order chi connectivity index (χ1) is 40.0. The predicted octanol–water partition coefficient (Wildman–Crippen LogP) is 20.6. The van der Waals surface area contributed by atoms with Crippen LogP contribution in [0.2, 0.25) is 0 Å². The van der Waals surface area contributed by atoms with Gasteiger partial charge in [-0.2, -0.15) is 0 Å². The summed E-state index contributed by atoms with van der Waals surface area (Å²) >= 11 is 0. The lowest BCUT2D eigenvalue weighted by atomic mass is 10.1. The van der Waals surface area contributed by atoms with Gasteiger partial charge in [-0.05, 0) is 128 Å². The van der Waals surface area contributed by atoms with Crippen molar-refractivity contribution in [3.05, 3.63) is 170 Å². The first-order valence-corrected chi connectivity index (χ1v) is 33.4. The number of phosphoric ester groups is 1. The second-order valence-electron chi connectivity index (χ2n) is 21.7. The topological polar surface area (TPSA) is 108 Å². The number of ether oxygens (including phenoxy) is 2. The van der Waals surface area contributed by atoms with Gasteiger partial charge < -0.3 is 18.9 Å². The largest absolute Gasteiger partial charge is 0.472 e. The van der Waals surface area contributed by atoms with Crippen molar-refractivity contribution in [1.82, 2.24) is 0 Å². The van der Waals surface area contributed by atoms with E-state index in [1.54, 1.807) is 0 Å². The van der Waals surface area contributed by atoms with Gasteiger partial charge in [0.2, 0.25) is 0 Å². The predicted molar refractivity (Wildman–Crippen MR) is 353 cm³/mol. The van der Waals surface area contributed by atoms with E-state index in [2.05, 4.69) is 184 Å². The number of hydrogen-bond acceptors (Lipinski definition) is 7. The number of esters is 2. The average Bonchev–Trinajstić information content (AvgIpc) is 3.46. The molecule has 82 heavy (non-hydrogen) atoms. The standard InChI is InChI=1S/C72H116NO8P/c1-6-8-10-12-14-16-18-20-22-24-26-28-29-30-31-32-33-34-35-36-37-38-39-40-41-42-43-45-47-49-51-53-55-57-59-61-63-65-72(75)81-70(69-80-82(76,77)79-67-66-73(3,4)5)68-78-71(74)64-62-60-58-56-54-52-50-48-46-44-27-25-23-21-19-17-15-13-11-9-7-2/h8-11,14-17,20-23,26-28,30-31,33-34,36-37,39-40,42-44,47,49,70H,6-7,12-13,18-19,24-25,29,32,35,38,41,45-46,48,50-69H2,1-5H3/p+1/b10-8-,11-9-,16-14-,17-15-,22-20-,23-21-,28-26-,31-30-,34-33-,37-36-,40-39-,43-42-,44-27-,49-47-. The molecule has 0 aliphatic rings. The van der Waals surface area contributed by atoms with Crippen molar-refractivity contribution in [3.8, 4) is 0 Å². The fourth-order valence-corrected chi connectivity index (χ4v) is 8.66. The number of hydrogen-bond donors (Lipinski definition) is 1. The van der Waals surface area contributed by atoms with E-state index < -0.39 is 26.5 Å². The highest BCUT2D eigenvalue weighted by atomic mass is 31.2. The number of rotatable bonds is 56. The molecule has 2 atom stereocenters. The van der Waals surface area contributed by atoms with E-state index in [0.29, 0.717) is 17.4 Å². The van der Waals surface area contributed by atoms with Gasteiger partial charge in [0.15, 0.2) is 6.10 Å². The molecule has 0 bridgehead atoms. The van der Waals surface area contributed by atoms with Gasteiger partial charge in [-0.1, -0.05) is 248 Å². The lowest BCUT2D eigenvalue weighted by Crippen LogP contribution is -2.37. The van der Waals surface area contributed by atoms with E-state index >= 15 is 0 Å². The Morgan fingerprint density at radius 1 is 0.378 bits per heavy atom. The summed E-state index contributed by atoms with van der Waals surface area (Å²) in [6.45, 7) is 4.16. The molecule has 0 aliphatic heterocycles. The average molecular weight is 1160 g/mol. The number of carbonyl (C=O) groups excluding carboxylic acids is 2. The second kappa shape index (κ2) is 60.9. The van der Waals surface area contributed by atoms with E-state index in [4.69, 9.17) is 18.5 Å². The molecule has 0 aromatic rings. The van der Waals surface area contributed by atoms with Crippen LogP contribution in [0.3, 0.4) is 0 Å². The molecule has 0 rings (SSSR count). The highest BCUT2D eigenvalue weighted by Crippen LogP contribution is 2.43. The van der Waals surface area contributed by atoms with Gasteiger partial charge in [0.05, 0.1) is 27.7 Å². The summed E-state index contributed by atoms with van der Waals surface area (Å²) in [5, 5.41) is 0. The Bertz CT molecular complexity index is 1990. The number of nitrogens with zero attached hydrogens (tertiary/aromatic N) is 1. The van der Waals surface area contributed by atoms with Crippen molar-refractivity contribution in [2.24, 2.45) is 0 Å². The molecule has 1 N–H and O–H groups in total. The zero-order valence-corrected chi connectivity index (χ0v) is 53.3. The molecule has 0 aromatic carbocycles. The van der Waals surface area contributed by atoms with E-state index in [-0.39, 0.29) is 32.0 Å². The SMILES string of the molecule is CC/C=C\C/C=C\C/C=C\C/C=C\C/C=C\C/C=C\C/C=C\C/C=C\C/C=C\C/C=C\CCCCCCCCC(=O)OC(COC(=O)CCCCCCCCCC/C=C\C/C=C\C/C=C\C/C=C\CC)COP(=O)(O)OCC[N+](C)(C)C. The fourth-order valence-electron chi connectivity index (χ4n) is 7.92. The molecule has 9 nitrogen and oxygen atoms in total. The molecule has 0 aromatic heterocycles. The van der Waals surface area contributed by atoms with Gasteiger partial charge in [0.1, 0.15) is 19.8 Å². The normalized spacial score (nSPS) is 14.4. The van der Waals surface area contributed by atoms with Gasteiger partial charge in [0, 0.05) is 12.8 Å². The molecule has 462 valence electrons. The number of carbonyl (C=O) groups is 2. The minimum atomic E-state index is -4.41. The first kappa shape index (κ1) is 77.4. The quantitative estimate of drug-likeness (QED) is 0.0211. The van der Waals surface area contributed by atoms with Crippen molar-refractivity contribution in [3.63, 3.8) is 0 Å². The Kier molecular flexibility index (Phi) is 57.5.